The second-order valence-corrected chi connectivity index (χ2v) is 5.30. The topological polar surface area (TPSA) is 46.4 Å². The molecule has 0 radical (unpaired) electrons. The first-order valence-electron chi connectivity index (χ1n) is 5.86. The van der Waals surface area contributed by atoms with Crippen molar-refractivity contribution in [2.45, 2.75) is 25.4 Å². The van der Waals surface area contributed by atoms with Crippen LogP contribution in [0.3, 0.4) is 0 Å². The first kappa shape index (κ1) is 13.6. The van der Waals surface area contributed by atoms with E-state index in [1.54, 1.807) is 18.2 Å². The van der Waals surface area contributed by atoms with Gasteiger partial charge in [-0.15, -0.1) is 0 Å². The molecule has 6 heteroatoms. The Morgan fingerprint density at radius 1 is 1.39 bits per heavy atom. The van der Waals surface area contributed by atoms with Crippen LogP contribution in [0.4, 0.5) is 0 Å². The molecule has 1 aliphatic heterocycles. The Labute approximate surface area is 116 Å². The SMILES string of the molecule is O=[N+]([O-])C[C@@H]1CCCN1Cc1c(Cl)cccc1Cl. The fourth-order valence-corrected chi connectivity index (χ4v) is 2.89. The summed E-state index contributed by atoms with van der Waals surface area (Å²) in [5.41, 5.74) is 0.857. The maximum absolute atomic E-state index is 10.6. The lowest BCUT2D eigenvalue weighted by atomic mass is 10.2. The Morgan fingerprint density at radius 3 is 2.67 bits per heavy atom. The zero-order valence-corrected chi connectivity index (χ0v) is 11.3. The van der Waals surface area contributed by atoms with Crippen LogP contribution in [-0.2, 0) is 6.54 Å². The van der Waals surface area contributed by atoms with E-state index in [1.807, 2.05) is 0 Å². The van der Waals surface area contributed by atoms with Gasteiger partial charge in [-0.2, -0.15) is 0 Å². The van der Waals surface area contributed by atoms with Gasteiger partial charge in [-0.1, -0.05) is 29.3 Å². The van der Waals surface area contributed by atoms with Crippen LogP contribution in [-0.4, -0.2) is 29.0 Å². The summed E-state index contributed by atoms with van der Waals surface area (Å²) >= 11 is 12.2. The Bertz CT molecular complexity index is 433. The molecule has 0 amide bonds. The van der Waals surface area contributed by atoms with Gasteiger partial charge in [0, 0.05) is 27.1 Å². The second-order valence-electron chi connectivity index (χ2n) is 4.48. The van der Waals surface area contributed by atoms with Gasteiger partial charge in [0.05, 0.1) is 6.04 Å². The highest BCUT2D eigenvalue weighted by Gasteiger charge is 2.29. The predicted molar refractivity (Wildman–Crippen MR) is 71.8 cm³/mol. The van der Waals surface area contributed by atoms with Crippen molar-refractivity contribution in [3.05, 3.63) is 43.9 Å². The monoisotopic (exact) mass is 288 g/mol. The molecule has 1 aliphatic rings. The maximum Gasteiger partial charge on any atom is 0.219 e. The maximum atomic E-state index is 10.6. The number of benzene rings is 1. The van der Waals surface area contributed by atoms with Crippen LogP contribution in [0.15, 0.2) is 18.2 Å². The molecule has 98 valence electrons. The third-order valence-electron chi connectivity index (χ3n) is 3.28. The first-order chi connectivity index (χ1) is 8.58. The number of halogens is 2. The zero-order valence-electron chi connectivity index (χ0n) is 9.81. The van der Waals surface area contributed by atoms with Crippen LogP contribution in [0.2, 0.25) is 10.0 Å². The molecule has 1 aromatic rings. The van der Waals surface area contributed by atoms with E-state index in [0.29, 0.717) is 16.6 Å². The lowest BCUT2D eigenvalue weighted by Gasteiger charge is -2.22. The summed E-state index contributed by atoms with van der Waals surface area (Å²) in [6.45, 7) is 1.43. The minimum atomic E-state index is -0.253. The van der Waals surface area contributed by atoms with Gasteiger partial charge in [-0.05, 0) is 31.5 Å². The molecule has 0 spiro atoms. The van der Waals surface area contributed by atoms with Gasteiger partial charge in [0.1, 0.15) is 0 Å². The molecule has 1 aromatic carbocycles. The molecule has 1 fully saturated rings. The highest BCUT2D eigenvalue weighted by atomic mass is 35.5. The fourth-order valence-electron chi connectivity index (χ4n) is 2.37. The van der Waals surface area contributed by atoms with E-state index in [0.717, 1.165) is 24.9 Å². The van der Waals surface area contributed by atoms with Crippen molar-refractivity contribution in [1.82, 2.24) is 4.90 Å². The van der Waals surface area contributed by atoms with Gasteiger partial charge in [0.15, 0.2) is 0 Å². The minimum Gasteiger partial charge on any atom is -0.290 e. The normalized spacial score (nSPS) is 20.2. The molecule has 0 bridgehead atoms. The van der Waals surface area contributed by atoms with Crippen molar-refractivity contribution in [3.63, 3.8) is 0 Å². The number of hydrogen-bond acceptors (Lipinski definition) is 3. The molecule has 18 heavy (non-hydrogen) atoms. The number of nitro groups is 1. The van der Waals surface area contributed by atoms with E-state index < -0.39 is 0 Å². The van der Waals surface area contributed by atoms with Gasteiger partial charge in [0.2, 0.25) is 6.54 Å². The summed E-state index contributed by atoms with van der Waals surface area (Å²) in [6.07, 6.45) is 1.85. The highest BCUT2D eigenvalue weighted by Crippen LogP contribution is 2.28. The molecule has 0 aromatic heterocycles. The van der Waals surface area contributed by atoms with E-state index in [2.05, 4.69) is 4.90 Å². The Morgan fingerprint density at radius 2 is 2.06 bits per heavy atom. The quantitative estimate of drug-likeness (QED) is 0.631. The molecule has 1 atom stereocenters. The van der Waals surface area contributed by atoms with Crippen LogP contribution >= 0.6 is 23.2 Å². The van der Waals surface area contributed by atoms with E-state index in [4.69, 9.17) is 23.2 Å². The summed E-state index contributed by atoms with van der Waals surface area (Å²) in [7, 11) is 0. The summed E-state index contributed by atoms with van der Waals surface area (Å²) in [5.74, 6) is 0. The number of hydrogen-bond donors (Lipinski definition) is 0. The molecule has 0 N–H and O–H groups in total. The lowest BCUT2D eigenvalue weighted by Crippen LogP contribution is -2.34. The van der Waals surface area contributed by atoms with E-state index in [-0.39, 0.29) is 17.5 Å². The third-order valence-corrected chi connectivity index (χ3v) is 3.99. The molecule has 4 nitrogen and oxygen atoms in total. The van der Waals surface area contributed by atoms with Crippen LogP contribution in [0.1, 0.15) is 18.4 Å². The number of likely N-dealkylation sites (tertiary alicyclic amines) is 1. The summed E-state index contributed by atoms with van der Waals surface area (Å²) in [5, 5.41) is 11.9. The standard InChI is InChI=1S/C12H14Cl2N2O2/c13-11-4-1-5-12(14)10(11)8-15-6-2-3-9(15)7-16(17)18/h1,4-5,9H,2-3,6-8H2/t9-/m0/s1. The van der Waals surface area contributed by atoms with Crippen LogP contribution in [0.25, 0.3) is 0 Å². The molecule has 1 heterocycles. The van der Waals surface area contributed by atoms with Crippen LogP contribution in [0, 0.1) is 10.1 Å². The molecule has 0 aliphatic carbocycles. The third kappa shape index (κ3) is 3.13. The summed E-state index contributed by atoms with van der Waals surface area (Å²) in [6, 6.07) is 5.38. The molecule has 1 saturated heterocycles. The van der Waals surface area contributed by atoms with Crippen molar-refractivity contribution in [2.24, 2.45) is 0 Å². The highest BCUT2D eigenvalue weighted by molar-refractivity contribution is 6.35. The van der Waals surface area contributed by atoms with Crippen molar-refractivity contribution < 1.29 is 4.92 Å². The Kier molecular flexibility index (Phi) is 4.43. The molecule has 0 unspecified atom stereocenters. The smallest absolute Gasteiger partial charge is 0.219 e. The van der Waals surface area contributed by atoms with Gasteiger partial charge in [-0.25, -0.2) is 0 Å². The largest absolute Gasteiger partial charge is 0.290 e. The Hall–Kier alpha value is -0.840. The van der Waals surface area contributed by atoms with Gasteiger partial charge < -0.3 is 0 Å². The zero-order chi connectivity index (χ0) is 13.1. The van der Waals surface area contributed by atoms with Crippen molar-refractivity contribution in [1.29, 1.82) is 0 Å². The average Bonchev–Trinajstić information content (AvgIpc) is 2.70. The van der Waals surface area contributed by atoms with Crippen molar-refractivity contribution >= 4 is 23.2 Å². The van der Waals surface area contributed by atoms with Crippen LogP contribution in [0.5, 0.6) is 0 Å². The minimum absolute atomic E-state index is 0.00709. The second kappa shape index (κ2) is 5.87. The van der Waals surface area contributed by atoms with Gasteiger partial charge in [0.25, 0.3) is 0 Å². The van der Waals surface area contributed by atoms with Gasteiger partial charge >= 0.3 is 0 Å². The van der Waals surface area contributed by atoms with E-state index in [9.17, 15) is 10.1 Å². The average molecular weight is 289 g/mol. The summed E-state index contributed by atoms with van der Waals surface area (Å²) in [4.78, 5) is 12.5. The van der Waals surface area contributed by atoms with E-state index in [1.165, 1.54) is 0 Å². The fraction of sp³-hybridized carbons (Fsp3) is 0.500. The number of rotatable bonds is 4. The molecule has 2 rings (SSSR count). The molecule has 0 saturated carbocycles. The van der Waals surface area contributed by atoms with E-state index >= 15 is 0 Å². The molecular formula is C12H14Cl2N2O2. The van der Waals surface area contributed by atoms with Crippen LogP contribution < -0.4 is 0 Å². The lowest BCUT2D eigenvalue weighted by molar-refractivity contribution is -0.486. The first-order valence-corrected chi connectivity index (χ1v) is 6.62. The van der Waals surface area contributed by atoms with Crippen molar-refractivity contribution in [3.8, 4) is 0 Å². The van der Waals surface area contributed by atoms with Crippen molar-refractivity contribution in [2.75, 3.05) is 13.1 Å². The Balaban J connectivity index is 2.10. The number of nitrogens with zero attached hydrogens (tertiary/aromatic N) is 2. The molecular weight excluding hydrogens is 275 g/mol. The van der Waals surface area contributed by atoms with Gasteiger partial charge in [-0.3, -0.25) is 15.0 Å². The summed E-state index contributed by atoms with van der Waals surface area (Å²) < 4.78 is 0. The predicted octanol–water partition coefficient (Wildman–Crippen LogP) is 3.23.